The van der Waals surface area contributed by atoms with Gasteiger partial charge >= 0.3 is 0 Å². The monoisotopic (exact) mass is 187 g/mol. The van der Waals surface area contributed by atoms with Gasteiger partial charge in [-0.3, -0.25) is 9.59 Å². The van der Waals surface area contributed by atoms with E-state index in [1.807, 2.05) is 18.2 Å². The van der Waals surface area contributed by atoms with Crippen LogP contribution in [0.15, 0.2) is 30.3 Å². The van der Waals surface area contributed by atoms with Gasteiger partial charge in [-0.15, -0.1) is 0 Å². The molecule has 1 amide bonds. The molecule has 70 valence electrons. The van der Waals surface area contributed by atoms with Gasteiger partial charge in [-0.1, -0.05) is 24.3 Å². The van der Waals surface area contributed by atoms with Crippen molar-refractivity contribution in [2.24, 2.45) is 5.73 Å². The Morgan fingerprint density at radius 1 is 1.29 bits per heavy atom. The molecule has 1 aromatic rings. The van der Waals surface area contributed by atoms with Crippen molar-refractivity contribution < 1.29 is 9.59 Å². The van der Waals surface area contributed by atoms with E-state index in [0.717, 1.165) is 11.1 Å². The molecule has 0 saturated carbocycles. The van der Waals surface area contributed by atoms with Crippen molar-refractivity contribution in [3.63, 3.8) is 0 Å². The summed E-state index contributed by atoms with van der Waals surface area (Å²) in [5, 5.41) is 0. The zero-order valence-electron chi connectivity index (χ0n) is 7.49. The summed E-state index contributed by atoms with van der Waals surface area (Å²) in [5.74, 6) is -0.622. The summed E-state index contributed by atoms with van der Waals surface area (Å²) in [4.78, 5) is 22.3. The highest BCUT2D eigenvalue weighted by molar-refractivity contribution is 6.25. The first-order chi connectivity index (χ1) is 6.68. The lowest BCUT2D eigenvalue weighted by molar-refractivity contribution is -0.115. The van der Waals surface area contributed by atoms with Crippen molar-refractivity contribution in [2.75, 3.05) is 0 Å². The van der Waals surface area contributed by atoms with Gasteiger partial charge in [0.2, 0.25) is 5.91 Å². The quantitative estimate of drug-likeness (QED) is 0.702. The summed E-state index contributed by atoms with van der Waals surface area (Å²) in [6.07, 6.45) is 1.68. The number of amides is 1. The number of allylic oxidation sites excluding steroid dienone is 1. The van der Waals surface area contributed by atoms with E-state index >= 15 is 0 Å². The van der Waals surface area contributed by atoms with E-state index in [-0.39, 0.29) is 5.78 Å². The van der Waals surface area contributed by atoms with Crippen molar-refractivity contribution in [1.82, 2.24) is 0 Å². The molecule has 14 heavy (non-hydrogen) atoms. The Kier molecular flexibility index (Phi) is 1.93. The van der Waals surface area contributed by atoms with Crippen LogP contribution < -0.4 is 5.73 Å². The third kappa shape index (κ3) is 1.33. The third-order valence-electron chi connectivity index (χ3n) is 2.24. The van der Waals surface area contributed by atoms with Gasteiger partial charge in [0, 0.05) is 6.42 Å². The third-order valence-corrected chi connectivity index (χ3v) is 2.24. The lowest BCUT2D eigenvalue weighted by Crippen LogP contribution is -2.19. The zero-order chi connectivity index (χ0) is 10.1. The van der Waals surface area contributed by atoms with Gasteiger partial charge in [-0.05, 0) is 17.2 Å². The van der Waals surface area contributed by atoms with Crippen molar-refractivity contribution in [3.05, 3.63) is 41.5 Å². The maximum absolute atomic E-state index is 11.3. The Labute approximate surface area is 81.2 Å². The van der Waals surface area contributed by atoms with Crippen LogP contribution in [0.25, 0.3) is 5.57 Å². The van der Waals surface area contributed by atoms with Crippen LogP contribution in [0, 0.1) is 0 Å². The van der Waals surface area contributed by atoms with Crippen LogP contribution >= 0.6 is 0 Å². The van der Waals surface area contributed by atoms with Gasteiger partial charge in [0.1, 0.15) is 0 Å². The van der Waals surface area contributed by atoms with Crippen LogP contribution in [0.3, 0.4) is 0 Å². The minimum absolute atomic E-state index is 0.0718. The van der Waals surface area contributed by atoms with Crippen LogP contribution in [-0.4, -0.2) is 11.7 Å². The Morgan fingerprint density at radius 2 is 2.00 bits per heavy atom. The van der Waals surface area contributed by atoms with Crippen LogP contribution in [0.4, 0.5) is 0 Å². The molecule has 1 aliphatic rings. The van der Waals surface area contributed by atoms with Gasteiger partial charge in [0.25, 0.3) is 0 Å². The largest absolute Gasteiger partial charge is 0.366 e. The van der Waals surface area contributed by atoms with E-state index in [0.29, 0.717) is 12.0 Å². The van der Waals surface area contributed by atoms with Crippen LogP contribution in [0.2, 0.25) is 0 Å². The second kappa shape index (κ2) is 3.10. The number of benzene rings is 1. The van der Waals surface area contributed by atoms with E-state index in [1.165, 1.54) is 6.08 Å². The highest BCUT2D eigenvalue weighted by Gasteiger charge is 2.19. The fraction of sp³-hybridized carbons (Fsp3) is 0.0909. The molecule has 1 aliphatic carbocycles. The van der Waals surface area contributed by atoms with Crippen molar-refractivity contribution in [2.45, 2.75) is 6.42 Å². The highest BCUT2D eigenvalue weighted by Crippen LogP contribution is 2.24. The first-order valence-electron chi connectivity index (χ1n) is 4.31. The number of hydrogen-bond donors (Lipinski definition) is 1. The molecule has 2 N–H and O–H groups in total. The number of ketones is 1. The normalized spacial score (nSPS) is 14.6. The molecule has 0 bridgehead atoms. The lowest BCUT2D eigenvalue weighted by Gasteiger charge is -2.13. The molecule has 0 radical (unpaired) electrons. The molecule has 0 heterocycles. The minimum atomic E-state index is -0.550. The molecular formula is C11H9NO2. The zero-order valence-corrected chi connectivity index (χ0v) is 7.49. The molecule has 3 heteroatoms. The number of carbonyl (C=O) groups excluding carboxylic acids is 2. The fourth-order valence-electron chi connectivity index (χ4n) is 1.62. The van der Waals surface area contributed by atoms with Crippen molar-refractivity contribution in [3.8, 4) is 0 Å². The summed E-state index contributed by atoms with van der Waals surface area (Å²) in [6.45, 7) is 0. The van der Waals surface area contributed by atoms with Crippen LogP contribution in [-0.2, 0) is 16.0 Å². The summed E-state index contributed by atoms with van der Waals surface area (Å²) in [7, 11) is 0. The Hall–Kier alpha value is -1.90. The molecule has 0 aliphatic heterocycles. The molecule has 2 rings (SSSR count). The topological polar surface area (TPSA) is 60.2 Å². The van der Waals surface area contributed by atoms with Gasteiger partial charge in [-0.2, -0.15) is 0 Å². The van der Waals surface area contributed by atoms with Gasteiger partial charge in [-0.25, -0.2) is 0 Å². The number of carbonyl (C=O) groups is 2. The second-order valence-electron chi connectivity index (χ2n) is 3.22. The van der Waals surface area contributed by atoms with Gasteiger partial charge in [0.05, 0.1) is 5.57 Å². The predicted molar refractivity (Wildman–Crippen MR) is 52.3 cm³/mol. The number of rotatable bonds is 1. The summed E-state index contributed by atoms with van der Waals surface area (Å²) < 4.78 is 0. The van der Waals surface area contributed by atoms with E-state index in [9.17, 15) is 9.59 Å². The number of hydrogen-bond acceptors (Lipinski definition) is 2. The molecule has 0 spiro atoms. The average Bonchev–Trinajstić information content (AvgIpc) is 2.16. The maximum atomic E-state index is 11.3. The molecule has 0 aromatic heterocycles. The van der Waals surface area contributed by atoms with Crippen molar-refractivity contribution in [1.29, 1.82) is 0 Å². The average molecular weight is 187 g/mol. The number of nitrogens with two attached hydrogens (primary N) is 1. The Morgan fingerprint density at radius 3 is 2.71 bits per heavy atom. The first kappa shape index (κ1) is 8.69. The number of primary amides is 1. The van der Waals surface area contributed by atoms with Crippen molar-refractivity contribution >= 4 is 17.3 Å². The summed E-state index contributed by atoms with van der Waals surface area (Å²) in [6, 6.07) is 7.31. The molecule has 0 unspecified atom stereocenters. The fourth-order valence-corrected chi connectivity index (χ4v) is 1.62. The van der Waals surface area contributed by atoms with Gasteiger partial charge < -0.3 is 5.73 Å². The van der Waals surface area contributed by atoms with E-state index in [2.05, 4.69) is 0 Å². The minimum Gasteiger partial charge on any atom is -0.366 e. The van der Waals surface area contributed by atoms with Gasteiger partial charge in [0.15, 0.2) is 5.78 Å². The van der Waals surface area contributed by atoms with Crippen LogP contribution in [0.5, 0.6) is 0 Å². The molecular weight excluding hydrogens is 178 g/mol. The van der Waals surface area contributed by atoms with E-state index in [4.69, 9.17) is 5.73 Å². The molecule has 0 saturated heterocycles. The lowest BCUT2D eigenvalue weighted by atomic mass is 9.90. The molecule has 0 atom stereocenters. The Bertz CT molecular complexity index is 446. The second-order valence-corrected chi connectivity index (χ2v) is 3.22. The standard InChI is InChI=1S/C11H9NO2/c12-11(14)10-6-8(13)5-7-3-1-2-4-9(7)10/h1-4,6H,5H2,(H2,12,14). The summed E-state index contributed by atoms with van der Waals surface area (Å²) >= 11 is 0. The van der Waals surface area contributed by atoms with E-state index < -0.39 is 5.91 Å². The molecule has 1 aromatic carbocycles. The highest BCUT2D eigenvalue weighted by atomic mass is 16.1. The van der Waals surface area contributed by atoms with Crippen LogP contribution in [0.1, 0.15) is 11.1 Å². The van der Waals surface area contributed by atoms with E-state index in [1.54, 1.807) is 6.07 Å². The first-order valence-corrected chi connectivity index (χ1v) is 4.31. The predicted octanol–water partition coefficient (Wildman–Crippen LogP) is 0.680. The Balaban J connectivity index is 2.61. The number of fused-ring (bicyclic) bond motifs is 1. The smallest absolute Gasteiger partial charge is 0.249 e. The molecule has 0 fully saturated rings. The summed E-state index contributed by atoms with van der Waals surface area (Å²) in [5.41, 5.74) is 7.15. The SMILES string of the molecule is NC(=O)C1=CC(=O)Cc2ccccc21. The maximum Gasteiger partial charge on any atom is 0.249 e. The molecule has 3 nitrogen and oxygen atoms in total.